The molecule has 0 aromatic heterocycles. The van der Waals surface area contributed by atoms with Gasteiger partial charge in [0.15, 0.2) is 0 Å². The zero-order valence-electron chi connectivity index (χ0n) is 15.9. The molecule has 0 aromatic rings. The van der Waals surface area contributed by atoms with Crippen LogP contribution in [-0.2, 0) is 0 Å². The Balaban J connectivity index is 2.28. The van der Waals surface area contributed by atoms with Crippen LogP contribution < -0.4 is 0 Å². The maximum Gasteiger partial charge on any atom is 0.00953 e. The second kappa shape index (κ2) is 13.4. The highest BCUT2D eigenvalue weighted by atomic mass is 15.2. The summed E-state index contributed by atoms with van der Waals surface area (Å²) in [4.78, 5) is 2.85. The van der Waals surface area contributed by atoms with E-state index in [9.17, 15) is 0 Å². The van der Waals surface area contributed by atoms with Gasteiger partial charge in [0.2, 0.25) is 0 Å². The van der Waals surface area contributed by atoms with Crippen molar-refractivity contribution in [3.05, 3.63) is 0 Å². The third-order valence-corrected chi connectivity index (χ3v) is 5.49. The smallest absolute Gasteiger partial charge is 0.00953 e. The van der Waals surface area contributed by atoms with Crippen molar-refractivity contribution in [3.8, 4) is 0 Å². The summed E-state index contributed by atoms with van der Waals surface area (Å²) in [6, 6.07) is 0.894. The van der Waals surface area contributed by atoms with E-state index in [1.54, 1.807) is 0 Å². The highest BCUT2D eigenvalue weighted by Crippen LogP contribution is 2.24. The minimum absolute atomic E-state index is 0.894. The predicted octanol–water partition coefficient (Wildman–Crippen LogP) is 6.81. The van der Waals surface area contributed by atoms with Gasteiger partial charge in [-0.15, -0.1) is 0 Å². The van der Waals surface area contributed by atoms with Crippen molar-refractivity contribution in [1.82, 2.24) is 4.90 Å². The Bertz CT molecular complexity index is 224. The first-order valence-electron chi connectivity index (χ1n) is 10.5. The molecule has 0 N–H and O–H groups in total. The molecule has 1 aliphatic heterocycles. The molecular formula is C21H43N. The first-order valence-corrected chi connectivity index (χ1v) is 10.5. The molecule has 1 saturated heterocycles. The van der Waals surface area contributed by atoms with Gasteiger partial charge in [-0.1, -0.05) is 85.0 Å². The van der Waals surface area contributed by atoms with Gasteiger partial charge in [-0.05, 0) is 38.1 Å². The molecule has 0 spiro atoms. The number of hydrogen-bond acceptors (Lipinski definition) is 1. The Kier molecular flexibility index (Phi) is 12.2. The lowest BCUT2D eigenvalue weighted by atomic mass is 9.94. The maximum absolute atomic E-state index is 2.85. The topological polar surface area (TPSA) is 3.24 Å². The number of rotatable bonds is 13. The highest BCUT2D eigenvalue weighted by Gasteiger charge is 2.23. The molecule has 0 radical (unpaired) electrons. The average molecular weight is 310 g/mol. The molecule has 0 amide bonds. The lowest BCUT2D eigenvalue weighted by molar-refractivity contribution is 0.113. The largest absolute Gasteiger partial charge is 0.300 e. The summed E-state index contributed by atoms with van der Waals surface area (Å²) < 4.78 is 0. The van der Waals surface area contributed by atoms with Crippen molar-refractivity contribution in [3.63, 3.8) is 0 Å². The molecule has 0 saturated carbocycles. The zero-order valence-corrected chi connectivity index (χ0v) is 15.9. The van der Waals surface area contributed by atoms with E-state index < -0.39 is 0 Å². The Morgan fingerprint density at radius 1 is 0.818 bits per heavy atom. The summed E-state index contributed by atoms with van der Waals surface area (Å²) in [5.74, 6) is 0.927. The third-order valence-electron chi connectivity index (χ3n) is 5.49. The van der Waals surface area contributed by atoms with Crippen LogP contribution in [0.4, 0.5) is 0 Å². The third kappa shape index (κ3) is 9.18. The van der Waals surface area contributed by atoms with Crippen molar-refractivity contribution in [2.45, 2.75) is 117 Å². The summed E-state index contributed by atoms with van der Waals surface area (Å²) in [5.41, 5.74) is 0. The summed E-state index contributed by atoms with van der Waals surface area (Å²) in [5, 5.41) is 0. The molecule has 0 aromatic carbocycles. The minimum atomic E-state index is 0.894. The van der Waals surface area contributed by atoms with Crippen LogP contribution >= 0.6 is 0 Å². The van der Waals surface area contributed by atoms with E-state index in [1.165, 1.54) is 103 Å². The molecule has 1 unspecified atom stereocenters. The van der Waals surface area contributed by atoms with Gasteiger partial charge in [-0.2, -0.15) is 0 Å². The molecule has 1 nitrogen and oxygen atoms in total. The number of nitrogens with zero attached hydrogens (tertiary/aromatic N) is 1. The van der Waals surface area contributed by atoms with Crippen LogP contribution in [0, 0.1) is 5.92 Å². The zero-order chi connectivity index (χ0) is 16.0. The Labute approximate surface area is 141 Å². The highest BCUT2D eigenvalue weighted by molar-refractivity contribution is 4.78. The lowest BCUT2D eigenvalue weighted by Crippen LogP contribution is -2.42. The normalized spacial score (nSPS) is 19.9. The van der Waals surface area contributed by atoms with E-state index in [0.717, 1.165) is 12.0 Å². The van der Waals surface area contributed by atoms with Gasteiger partial charge in [0.25, 0.3) is 0 Å². The molecule has 1 atom stereocenters. The number of likely N-dealkylation sites (tertiary alicyclic amines) is 1. The van der Waals surface area contributed by atoms with Crippen molar-refractivity contribution in [2.24, 2.45) is 5.92 Å². The second-order valence-corrected chi connectivity index (χ2v) is 7.80. The van der Waals surface area contributed by atoms with Crippen molar-refractivity contribution in [1.29, 1.82) is 0 Å². The van der Waals surface area contributed by atoms with Gasteiger partial charge in [-0.3, -0.25) is 0 Å². The van der Waals surface area contributed by atoms with Crippen molar-refractivity contribution >= 4 is 0 Å². The lowest BCUT2D eigenvalue weighted by Gasteiger charge is -2.37. The minimum Gasteiger partial charge on any atom is -0.300 e. The molecule has 1 heterocycles. The molecule has 1 heteroatoms. The molecular weight excluding hydrogens is 266 g/mol. The standard InChI is InChI=1S/C21H43N/c1-4-6-8-10-12-16-21(17-13-11-9-7-5-2)22-18-14-15-20(3)19-22/h20-21H,4-19H2,1-3H3. The predicted molar refractivity (Wildman–Crippen MR) is 101 cm³/mol. The van der Waals surface area contributed by atoms with Crippen LogP contribution in [0.15, 0.2) is 0 Å². The first kappa shape index (κ1) is 20.0. The fraction of sp³-hybridized carbons (Fsp3) is 1.00. The van der Waals surface area contributed by atoms with Gasteiger partial charge < -0.3 is 4.90 Å². The Hall–Kier alpha value is -0.0400. The summed E-state index contributed by atoms with van der Waals surface area (Å²) in [6.07, 6.45) is 20.2. The fourth-order valence-electron chi connectivity index (χ4n) is 4.03. The van der Waals surface area contributed by atoms with Crippen LogP contribution in [-0.4, -0.2) is 24.0 Å². The molecule has 0 aliphatic carbocycles. The van der Waals surface area contributed by atoms with Crippen LogP contribution in [0.25, 0.3) is 0 Å². The van der Waals surface area contributed by atoms with Crippen LogP contribution in [0.3, 0.4) is 0 Å². The number of piperidine rings is 1. The summed E-state index contributed by atoms with van der Waals surface area (Å²) >= 11 is 0. The molecule has 1 aliphatic rings. The van der Waals surface area contributed by atoms with Crippen LogP contribution in [0.5, 0.6) is 0 Å². The van der Waals surface area contributed by atoms with E-state index in [1.807, 2.05) is 0 Å². The van der Waals surface area contributed by atoms with E-state index in [-0.39, 0.29) is 0 Å². The van der Waals surface area contributed by atoms with E-state index in [4.69, 9.17) is 0 Å². The number of hydrogen-bond donors (Lipinski definition) is 0. The summed E-state index contributed by atoms with van der Waals surface area (Å²) in [6.45, 7) is 9.82. The van der Waals surface area contributed by atoms with Crippen LogP contribution in [0.1, 0.15) is 111 Å². The SMILES string of the molecule is CCCCCCCC(CCCCCCC)N1CCCC(C)C1. The van der Waals surface area contributed by atoms with E-state index in [0.29, 0.717) is 0 Å². The molecule has 0 bridgehead atoms. The number of unbranched alkanes of at least 4 members (excludes halogenated alkanes) is 8. The molecule has 22 heavy (non-hydrogen) atoms. The van der Waals surface area contributed by atoms with Gasteiger partial charge in [0.1, 0.15) is 0 Å². The van der Waals surface area contributed by atoms with Crippen molar-refractivity contribution < 1.29 is 0 Å². The van der Waals surface area contributed by atoms with Gasteiger partial charge >= 0.3 is 0 Å². The average Bonchev–Trinajstić information content (AvgIpc) is 2.52. The van der Waals surface area contributed by atoms with Crippen LogP contribution in [0.2, 0.25) is 0 Å². The molecule has 132 valence electrons. The Morgan fingerprint density at radius 2 is 1.36 bits per heavy atom. The van der Waals surface area contributed by atoms with E-state index in [2.05, 4.69) is 25.7 Å². The second-order valence-electron chi connectivity index (χ2n) is 7.80. The maximum atomic E-state index is 2.85. The van der Waals surface area contributed by atoms with Gasteiger partial charge in [0, 0.05) is 12.6 Å². The Morgan fingerprint density at radius 3 is 1.86 bits per heavy atom. The summed E-state index contributed by atoms with van der Waals surface area (Å²) in [7, 11) is 0. The van der Waals surface area contributed by atoms with E-state index >= 15 is 0 Å². The van der Waals surface area contributed by atoms with Gasteiger partial charge in [0.05, 0.1) is 0 Å². The van der Waals surface area contributed by atoms with Crippen molar-refractivity contribution in [2.75, 3.05) is 13.1 Å². The monoisotopic (exact) mass is 309 g/mol. The quantitative estimate of drug-likeness (QED) is 0.338. The van der Waals surface area contributed by atoms with Gasteiger partial charge in [-0.25, -0.2) is 0 Å². The molecule has 1 rings (SSSR count). The molecule has 1 fully saturated rings. The first-order chi connectivity index (χ1) is 10.8. The fourth-order valence-corrected chi connectivity index (χ4v) is 4.03.